The summed E-state index contributed by atoms with van der Waals surface area (Å²) in [6.45, 7) is 5.34. The van der Waals surface area contributed by atoms with Crippen LogP contribution in [0.3, 0.4) is 0 Å². The Balaban J connectivity index is 1.32. The second-order valence-corrected chi connectivity index (χ2v) is 12.1. The predicted molar refractivity (Wildman–Crippen MR) is 153 cm³/mol. The summed E-state index contributed by atoms with van der Waals surface area (Å²) in [6.07, 6.45) is 0.649. The second kappa shape index (κ2) is 11.2. The summed E-state index contributed by atoms with van der Waals surface area (Å²) in [4.78, 5) is 49.2. The molecule has 0 bridgehead atoms. The van der Waals surface area contributed by atoms with Gasteiger partial charge in [-0.15, -0.1) is 11.3 Å². The number of aliphatic hydroxyl groups is 2. The normalized spacial score (nSPS) is 21.2. The number of carbonyl (C=O) groups is 3. The molecule has 2 aliphatic rings. The van der Waals surface area contributed by atoms with Crippen LogP contribution >= 0.6 is 11.3 Å². The Morgan fingerprint density at radius 1 is 1.15 bits per heavy atom. The van der Waals surface area contributed by atoms with Gasteiger partial charge < -0.3 is 20.0 Å². The number of benzene rings is 2. The number of amides is 2. The third-order valence-electron chi connectivity index (χ3n) is 8.05. The van der Waals surface area contributed by atoms with Crippen molar-refractivity contribution in [3.63, 3.8) is 0 Å². The molecule has 0 saturated carbocycles. The Kier molecular flexibility index (Phi) is 7.90. The number of aromatic nitrogens is 1. The molecule has 0 spiro atoms. The Morgan fingerprint density at radius 2 is 1.88 bits per heavy atom. The van der Waals surface area contributed by atoms with Crippen molar-refractivity contribution < 1.29 is 24.6 Å². The summed E-state index contributed by atoms with van der Waals surface area (Å²) in [5.41, 5.74) is 4.75. The van der Waals surface area contributed by atoms with E-state index >= 15 is 0 Å². The van der Waals surface area contributed by atoms with Gasteiger partial charge in [-0.1, -0.05) is 56.3 Å². The maximum atomic E-state index is 14.0. The minimum absolute atomic E-state index is 0.0311. The van der Waals surface area contributed by atoms with Crippen LogP contribution in [-0.4, -0.2) is 73.4 Å². The quantitative estimate of drug-likeness (QED) is 0.413. The number of hydrogen-bond acceptors (Lipinski definition) is 7. The molecule has 3 atom stereocenters. The van der Waals surface area contributed by atoms with E-state index in [1.165, 1.54) is 4.90 Å². The summed E-state index contributed by atoms with van der Waals surface area (Å²) in [7, 11) is 0. The molecule has 2 amide bonds. The van der Waals surface area contributed by atoms with Gasteiger partial charge in [-0.05, 0) is 42.0 Å². The number of Topliss-reactive ketones (excluding diaryl/α,β-unsaturated/α-hetero) is 1. The number of ketones is 1. The van der Waals surface area contributed by atoms with Gasteiger partial charge in [0.25, 0.3) is 5.91 Å². The van der Waals surface area contributed by atoms with Crippen LogP contribution in [0.4, 0.5) is 0 Å². The third-order valence-corrected chi connectivity index (χ3v) is 9.03. The number of fused-ring (bicyclic) bond motifs is 1. The van der Waals surface area contributed by atoms with E-state index in [-0.39, 0.29) is 42.9 Å². The molecule has 3 aromatic rings. The average Bonchev–Trinajstić information content (AvgIpc) is 3.63. The number of thiazole rings is 1. The van der Waals surface area contributed by atoms with E-state index in [1.54, 1.807) is 28.4 Å². The fourth-order valence-corrected chi connectivity index (χ4v) is 6.69. The van der Waals surface area contributed by atoms with Crippen molar-refractivity contribution in [1.29, 1.82) is 0 Å². The van der Waals surface area contributed by atoms with Crippen LogP contribution in [0, 0.1) is 12.8 Å². The van der Waals surface area contributed by atoms with Gasteiger partial charge in [-0.25, -0.2) is 4.98 Å². The maximum absolute atomic E-state index is 14.0. The van der Waals surface area contributed by atoms with Crippen molar-refractivity contribution in [3.8, 4) is 10.4 Å². The monoisotopic (exact) mass is 561 g/mol. The standard InChI is InChI=1S/C31H35N3O5S/c1-19(2)27(33-15-23-6-4-5-7-24(23)29(33)37)30(38)34-16-31(39,17-35)14-25(34)26(36)13-10-21-8-11-22(12-9-21)28-20(3)32-18-40-28/h4-9,11-12,18-19,25,27,35,39H,10,13-17H2,1-3H3/t25-,27?,31-/m0/s1. The molecule has 210 valence electrons. The minimum atomic E-state index is -1.57. The number of likely N-dealkylation sites (tertiary alicyclic amines) is 1. The van der Waals surface area contributed by atoms with Gasteiger partial charge in [0.2, 0.25) is 5.91 Å². The van der Waals surface area contributed by atoms with E-state index in [4.69, 9.17) is 0 Å². The molecule has 40 heavy (non-hydrogen) atoms. The van der Waals surface area contributed by atoms with Crippen LogP contribution < -0.4 is 0 Å². The molecular formula is C31H35N3O5S. The van der Waals surface area contributed by atoms with Gasteiger partial charge in [0.05, 0.1) is 35.3 Å². The van der Waals surface area contributed by atoms with Crippen molar-refractivity contribution in [2.75, 3.05) is 13.2 Å². The molecule has 9 heteroatoms. The Bertz CT molecular complexity index is 1420. The van der Waals surface area contributed by atoms with Crippen LogP contribution in [0.15, 0.2) is 54.0 Å². The molecule has 2 aromatic carbocycles. The highest BCUT2D eigenvalue weighted by molar-refractivity contribution is 7.13. The first kappa shape index (κ1) is 28.1. The van der Waals surface area contributed by atoms with E-state index < -0.39 is 24.3 Å². The minimum Gasteiger partial charge on any atom is -0.393 e. The number of carbonyl (C=O) groups excluding carboxylic acids is 3. The largest absolute Gasteiger partial charge is 0.393 e. The Labute approximate surface area is 238 Å². The molecule has 2 N–H and O–H groups in total. The van der Waals surface area contributed by atoms with Crippen LogP contribution in [0.25, 0.3) is 10.4 Å². The molecular weight excluding hydrogens is 526 g/mol. The van der Waals surface area contributed by atoms with Crippen molar-refractivity contribution in [3.05, 3.63) is 76.4 Å². The van der Waals surface area contributed by atoms with Gasteiger partial charge in [0.15, 0.2) is 5.78 Å². The summed E-state index contributed by atoms with van der Waals surface area (Å²) >= 11 is 1.59. The lowest BCUT2D eigenvalue weighted by Crippen LogP contribution is -2.54. The molecule has 1 unspecified atom stereocenters. The fourth-order valence-electron chi connectivity index (χ4n) is 5.88. The summed E-state index contributed by atoms with van der Waals surface area (Å²) in [5.74, 6) is -0.967. The Hall–Kier alpha value is -3.40. The van der Waals surface area contributed by atoms with Crippen molar-refractivity contribution in [2.24, 2.45) is 5.92 Å². The highest BCUT2D eigenvalue weighted by Crippen LogP contribution is 2.34. The third kappa shape index (κ3) is 5.33. The number of aliphatic hydroxyl groups excluding tert-OH is 1. The van der Waals surface area contributed by atoms with E-state index in [0.29, 0.717) is 18.5 Å². The molecule has 8 nitrogen and oxygen atoms in total. The van der Waals surface area contributed by atoms with E-state index in [9.17, 15) is 24.6 Å². The zero-order valence-corrected chi connectivity index (χ0v) is 23.9. The van der Waals surface area contributed by atoms with Crippen molar-refractivity contribution in [2.45, 2.75) is 64.3 Å². The van der Waals surface area contributed by atoms with Crippen LogP contribution in [0.2, 0.25) is 0 Å². The first-order valence-electron chi connectivity index (χ1n) is 13.7. The van der Waals surface area contributed by atoms with E-state index in [0.717, 1.165) is 27.3 Å². The van der Waals surface area contributed by atoms with Gasteiger partial charge in [0, 0.05) is 24.9 Å². The zero-order chi connectivity index (χ0) is 28.6. The Morgan fingerprint density at radius 3 is 2.50 bits per heavy atom. The number of β-amino-alcohol motifs (C(OH)–C–C–N with tert-alkyl or cyclic N) is 1. The van der Waals surface area contributed by atoms with E-state index in [2.05, 4.69) is 4.98 Å². The molecule has 1 aromatic heterocycles. The van der Waals surface area contributed by atoms with Gasteiger partial charge >= 0.3 is 0 Å². The van der Waals surface area contributed by atoms with Crippen LogP contribution in [-0.2, 0) is 22.6 Å². The van der Waals surface area contributed by atoms with Crippen LogP contribution in [0.1, 0.15) is 53.9 Å². The second-order valence-electron chi connectivity index (χ2n) is 11.3. The van der Waals surface area contributed by atoms with Gasteiger partial charge in [-0.2, -0.15) is 0 Å². The average molecular weight is 562 g/mol. The van der Waals surface area contributed by atoms with Gasteiger partial charge in [0.1, 0.15) is 11.6 Å². The van der Waals surface area contributed by atoms with Crippen LogP contribution in [0.5, 0.6) is 0 Å². The smallest absolute Gasteiger partial charge is 0.255 e. The zero-order valence-electron chi connectivity index (χ0n) is 23.0. The first-order valence-corrected chi connectivity index (χ1v) is 14.5. The number of hydrogen-bond donors (Lipinski definition) is 2. The molecule has 1 saturated heterocycles. The summed E-state index contributed by atoms with van der Waals surface area (Å²) in [5, 5.41) is 20.9. The highest BCUT2D eigenvalue weighted by atomic mass is 32.1. The number of aryl methyl sites for hydroxylation is 2. The summed E-state index contributed by atoms with van der Waals surface area (Å²) in [6, 6.07) is 13.7. The molecule has 5 rings (SSSR count). The highest BCUT2D eigenvalue weighted by Gasteiger charge is 2.50. The molecule has 0 aliphatic carbocycles. The molecule has 2 aliphatic heterocycles. The fraction of sp³-hybridized carbons (Fsp3) is 0.419. The molecule has 1 fully saturated rings. The maximum Gasteiger partial charge on any atom is 0.255 e. The lowest BCUT2D eigenvalue weighted by atomic mass is 9.95. The molecule has 0 radical (unpaired) electrons. The van der Waals surface area contributed by atoms with E-state index in [1.807, 2.05) is 62.7 Å². The lowest BCUT2D eigenvalue weighted by molar-refractivity contribution is -0.143. The first-order chi connectivity index (χ1) is 19.1. The van der Waals surface area contributed by atoms with Crippen molar-refractivity contribution in [1.82, 2.24) is 14.8 Å². The number of rotatable bonds is 9. The molecule has 3 heterocycles. The van der Waals surface area contributed by atoms with Crippen molar-refractivity contribution >= 4 is 28.9 Å². The summed E-state index contributed by atoms with van der Waals surface area (Å²) < 4.78 is 0. The number of nitrogens with zero attached hydrogens (tertiary/aromatic N) is 3. The SMILES string of the molecule is Cc1ncsc1-c1ccc(CCC(=O)[C@@H]2C[C@@](O)(CO)CN2C(=O)C(C(C)C)N2Cc3ccccc3C2=O)cc1. The predicted octanol–water partition coefficient (Wildman–Crippen LogP) is 3.63. The lowest BCUT2D eigenvalue weighted by Gasteiger charge is -2.35. The van der Waals surface area contributed by atoms with Gasteiger partial charge in [-0.3, -0.25) is 14.4 Å². The topological polar surface area (TPSA) is 111 Å².